The summed E-state index contributed by atoms with van der Waals surface area (Å²) in [5.41, 5.74) is 2.22. The van der Waals surface area contributed by atoms with Crippen LogP contribution in [0.3, 0.4) is 0 Å². The van der Waals surface area contributed by atoms with Crippen LogP contribution in [0.5, 0.6) is 5.75 Å². The predicted molar refractivity (Wildman–Crippen MR) is 104 cm³/mol. The molecule has 6 nitrogen and oxygen atoms in total. The number of rotatable bonds is 7. The van der Waals surface area contributed by atoms with Gasteiger partial charge in [0.1, 0.15) is 12.3 Å². The quantitative estimate of drug-likeness (QED) is 0.816. The molecular formula is C21H28N4O2. The number of hydrogen-bond donors (Lipinski definition) is 1. The van der Waals surface area contributed by atoms with E-state index in [2.05, 4.69) is 16.5 Å². The Hall–Kier alpha value is -2.34. The van der Waals surface area contributed by atoms with Gasteiger partial charge in [-0.15, -0.1) is 0 Å². The minimum absolute atomic E-state index is 0.136. The molecule has 1 aromatic carbocycles. The zero-order valence-electron chi connectivity index (χ0n) is 15.9. The predicted octanol–water partition coefficient (Wildman–Crippen LogP) is 2.55. The molecule has 1 atom stereocenters. The number of ether oxygens (including phenoxy) is 1. The Kier molecular flexibility index (Phi) is 5.43. The number of piperidine rings is 1. The molecule has 2 aliphatic rings. The first-order valence-electron chi connectivity index (χ1n) is 9.90. The second-order valence-electron chi connectivity index (χ2n) is 7.52. The van der Waals surface area contributed by atoms with E-state index in [1.54, 1.807) is 7.11 Å². The van der Waals surface area contributed by atoms with Gasteiger partial charge < -0.3 is 15.0 Å². The number of para-hydroxylation sites is 1. The van der Waals surface area contributed by atoms with E-state index in [4.69, 9.17) is 4.74 Å². The van der Waals surface area contributed by atoms with Crippen molar-refractivity contribution in [2.75, 3.05) is 20.2 Å². The zero-order chi connectivity index (χ0) is 18.6. The normalized spacial score (nSPS) is 19.7. The SMILES string of the molecule is COc1ccccc1CN(C(=O)Cn1nccc1[C@H]1CCCNC1)C1CC1. The summed E-state index contributed by atoms with van der Waals surface area (Å²) in [7, 11) is 1.68. The number of carbonyl (C=O) groups is 1. The molecule has 1 N–H and O–H groups in total. The molecule has 2 heterocycles. The number of methoxy groups -OCH3 is 1. The maximum atomic E-state index is 13.1. The van der Waals surface area contributed by atoms with Gasteiger partial charge in [0.2, 0.25) is 5.91 Å². The molecular weight excluding hydrogens is 340 g/mol. The zero-order valence-corrected chi connectivity index (χ0v) is 15.9. The van der Waals surface area contributed by atoms with Crippen LogP contribution in [0.15, 0.2) is 36.5 Å². The van der Waals surface area contributed by atoms with E-state index in [0.29, 0.717) is 25.0 Å². The van der Waals surface area contributed by atoms with Crippen molar-refractivity contribution in [3.63, 3.8) is 0 Å². The molecule has 2 fully saturated rings. The highest BCUT2D eigenvalue weighted by Gasteiger charge is 2.33. The fraction of sp³-hybridized carbons (Fsp3) is 0.524. The van der Waals surface area contributed by atoms with E-state index in [0.717, 1.165) is 43.7 Å². The molecule has 2 aromatic rings. The molecule has 0 radical (unpaired) electrons. The van der Waals surface area contributed by atoms with Crippen LogP contribution in [0.1, 0.15) is 42.9 Å². The summed E-state index contributed by atoms with van der Waals surface area (Å²) >= 11 is 0. The molecule has 27 heavy (non-hydrogen) atoms. The molecule has 1 aromatic heterocycles. The van der Waals surface area contributed by atoms with E-state index in [1.807, 2.05) is 40.0 Å². The second kappa shape index (κ2) is 8.13. The fourth-order valence-electron chi connectivity index (χ4n) is 3.97. The third kappa shape index (κ3) is 4.16. The third-order valence-electron chi connectivity index (χ3n) is 5.59. The smallest absolute Gasteiger partial charge is 0.244 e. The first kappa shape index (κ1) is 18.0. The van der Waals surface area contributed by atoms with E-state index in [9.17, 15) is 4.79 Å². The Morgan fingerprint density at radius 3 is 2.89 bits per heavy atom. The van der Waals surface area contributed by atoms with Gasteiger partial charge in [0, 0.05) is 42.5 Å². The van der Waals surface area contributed by atoms with E-state index in [-0.39, 0.29) is 5.91 Å². The summed E-state index contributed by atoms with van der Waals surface area (Å²) in [6.45, 7) is 2.95. The molecule has 0 bridgehead atoms. The maximum Gasteiger partial charge on any atom is 0.244 e. The van der Waals surface area contributed by atoms with Crippen molar-refractivity contribution < 1.29 is 9.53 Å². The van der Waals surface area contributed by atoms with Crippen molar-refractivity contribution in [3.8, 4) is 5.75 Å². The van der Waals surface area contributed by atoms with Gasteiger partial charge in [-0.25, -0.2) is 0 Å². The average Bonchev–Trinajstić information content (AvgIpc) is 3.45. The van der Waals surface area contributed by atoms with Crippen molar-refractivity contribution in [1.29, 1.82) is 0 Å². The Balaban J connectivity index is 1.48. The first-order chi connectivity index (χ1) is 13.3. The molecule has 144 valence electrons. The van der Waals surface area contributed by atoms with Gasteiger partial charge >= 0.3 is 0 Å². The van der Waals surface area contributed by atoms with Gasteiger partial charge in [0.05, 0.1) is 7.11 Å². The highest BCUT2D eigenvalue weighted by Crippen LogP contribution is 2.31. The minimum Gasteiger partial charge on any atom is -0.496 e. The van der Waals surface area contributed by atoms with Crippen LogP contribution >= 0.6 is 0 Å². The van der Waals surface area contributed by atoms with Crippen LogP contribution in [0.25, 0.3) is 0 Å². The number of benzene rings is 1. The van der Waals surface area contributed by atoms with E-state index in [1.165, 1.54) is 12.1 Å². The van der Waals surface area contributed by atoms with Gasteiger partial charge in [-0.1, -0.05) is 18.2 Å². The molecule has 1 aliphatic heterocycles. The van der Waals surface area contributed by atoms with Crippen LogP contribution < -0.4 is 10.1 Å². The van der Waals surface area contributed by atoms with Gasteiger partial charge in [0.15, 0.2) is 0 Å². The number of nitrogens with zero attached hydrogens (tertiary/aromatic N) is 3. The fourth-order valence-corrected chi connectivity index (χ4v) is 3.97. The van der Waals surface area contributed by atoms with Gasteiger partial charge in [0.25, 0.3) is 0 Å². The Morgan fingerprint density at radius 2 is 2.15 bits per heavy atom. The number of carbonyl (C=O) groups excluding carboxylic acids is 1. The highest BCUT2D eigenvalue weighted by atomic mass is 16.5. The number of amides is 1. The summed E-state index contributed by atoms with van der Waals surface area (Å²) in [6.07, 6.45) is 6.31. The topological polar surface area (TPSA) is 59.4 Å². The molecule has 1 saturated carbocycles. The Bertz CT molecular complexity index is 778. The first-order valence-corrected chi connectivity index (χ1v) is 9.90. The average molecular weight is 368 g/mol. The van der Waals surface area contributed by atoms with Crippen LogP contribution in [-0.2, 0) is 17.9 Å². The second-order valence-corrected chi connectivity index (χ2v) is 7.52. The Morgan fingerprint density at radius 1 is 1.30 bits per heavy atom. The number of nitrogens with one attached hydrogen (secondary N) is 1. The van der Waals surface area contributed by atoms with Crippen LogP contribution in [-0.4, -0.2) is 46.8 Å². The Labute approximate surface area is 160 Å². The largest absolute Gasteiger partial charge is 0.496 e. The summed E-state index contributed by atoms with van der Waals surface area (Å²) in [4.78, 5) is 15.1. The summed E-state index contributed by atoms with van der Waals surface area (Å²) in [5.74, 6) is 1.42. The summed E-state index contributed by atoms with van der Waals surface area (Å²) < 4.78 is 7.37. The monoisotopic (exact) mass is 368 g/mol. The van der Waals surface area contributed by atoms with E-state index >= 15 is 0 Å². The van der Waals surface area contributed by atoms with Crippen LogP contribution in [0.2, 0.25) is 0 Å². The summed E-state index contributed by atoms with van der Waals surface area (Å²) in [5, 5.41) is 7.90. The third-order valence-corrected chi connectivity index (χ3v) is 5.59. The highest BCUT2D eigenvalue weighted by molar-refractivity contribution is 5.76. The van der Waals surface area contributed by atoms with Crippen molar-refractivity contribution >= 4 is 5.91 Å². The van der Waals surface area contributed by atoms with Gasteiger partial charge in [-0.2, -0.15) is 5.10 Å². The van der Waals surface area contributed by atoms with Crippen LogP contribution in [0.4, 0.5) is 0 Å². The van der Waals surface area contributed by atoms with Crippen molar-refractivity contribution in [3.05, 3.63) is 47.8 Å². The lowest BCUT2D eigenvalue weighted by molar-refractivity contribution is -0.133. The number of aromatic nitrogens is 2. The molecule has 1 aliphatic carbocycles. The lowest BCUT2D eigenvalue weighted by Gasteiger charge is -2.26. The molecule has 6 heteroatoms. The molecule has 4 rings (SSSR count). The van der Waals surface area contributed by atoms with Crippen molar-refractivity contribution in [1.82, 2.24) is 20.0 Å². The van der Waals surface area contributed by atoms with Gasteiger partial charge in [-0.3, -0.25) is 9.48 Å². The van der Waals surface area contributed by atoms with Crippen LogP contribution in [0, 0.1) is 0 Å². The van der Waals surface area contributed by atoms with Gasteiger partial charge in [-0.05, 0) is 44.4 Å². The van der Waals surface area contributed by atoms with Crippen molar-refractivity contribution in [2.24, 2.45) is 0 Å². The number of hydrogen-bond acceptors (Lipinski definition) is 4. The summed E-state index contributed by atoms with van der Waals surface area (Å²) in [6, 6.07) is 10.3. The molecule has 1 amide bonds. The molecule has 0 spiro atoms. The lowest BCUT2D eigenvalue weighted by Crippen LogP contribution is -2.36. The van der Waals surface area contributed by atoms with Crippen molar-refractivity contribution in [2.45, 2.75) is 50.7 Å². The molecule has 0 unspecified atom stereocenters. The van der Waals surface area contributed by atoms with E-state index < -0.39 is 0 Å². The standard InChI is InChI=1S/C21H28N4O2/c1-27-20-7-3-2-5-17(20)14-24(18-8-9-18)21(26)15-25-19(10-12-23-25)16-6-4-11-22-13-16/h2-3,5,7,10,12,16,18,22H,4,6,8-9,11,13-15H2,1H3/t16-/m0/s1. The minimum atomic E-state index is 0.136. The molecule has 1 saturated heterocycles. The lowest BCUT2D eigenvalue weighted by atomic mass is 9.96. The maximum absolute atomic E-state index is 13.1.